The lowest BCUT2D eigenvalue weighted by Gasteiger charge is -2.36. The van der Waals surface area contributed by atoms with E-state index in [1.54, 1.807) is 12.1 Å². The summed E-state index contributed by atoms with van der Waals surface area (Å²) in [5.41, 5.74) is 0.963. The van der Waals surface area contributed by atoms with E-state index in [1.807, 2.05) is 18.7 Å². The molecule has 0 bridgehead atoms. The summed E-state index contributed by atoms with van der Waals surface area (Å²) < 4.78 is 13.1. The van der Waals surface area contributed by atoms with E-state index in [0.29, 0.717) is 19.1 Å². The molecule has 1 fully saturated rings. The van der Waals surface area contributed by atoms with Crippen LogP contribution in [0.3, 0.4) is 0 Å². The van der Waals surface area contributed by atoms with E-state index in [9.17, 15) is 9.18 Å². The molecule has 1 aromatic carbocycles. The summed E-state index contributed by atoms with van der Waals surface area (Å²) in [6, 6.07) is 6.73. The highest BCUT2D eigenvalue weighted by Gasteiger charge is 2.25. The molecule has 0 saturated carbocycles. The van der Waals surface area contributed by atoms with Crippen LogP contribution in [0.25, 0.3) is 0 Å². The van der Waals surface area contributed by atoms with Gasteiger partial charge in [0.25, 0.3) is 0 Å². The second-order valence-corrected chi connectivity index (χ2v) is 5.93. The van der Waals surface area contributed by atoms with Crippen molar-refractivity contribution in [2.75, 3.05) is 32.7 Å². The first-order chi connectivity index (χ1) is 10.5. The van der Waals surface area contributed by atoms with E-state index in [0.717, 1.165) is 25.2 Å². The van der Waals surface area contributed by atoms with Gasteiger partial charge in [0.05, 0.1) is 12.6 Å². The molecule has 2 atom stereocenters. The van der Waals surface area contributed by atoms with Crippen LogP contribution in [0.4, 0.5) is 4.39 Å². The zero-order valence-corrected chi connectivity index (χ0v) is 13.7. The molecule has 1 aliphatic heterocycles. The predicted octanol–water partition coefficient (Wildman–Crippen LogP) is 2.03. The molecular weight excluding hydrogens is 281 g/mol. The predicted molar refractivity (Wildman–Crippen MR) is 86.1 cm³/mol. The minimum absolute atomic E-state index is 0.0451. The lowest BCUT2D eigenvalue weighted by atomic mass is 10.1. The zero-order chi connectivity index (χ0) is 16.1. The van der Waals surface area contributed by atoms with Crippen molar-refractivity contribution >= 4 is 5.91 Å². The topological polar surface area (TPSA) is 35.6 Å². The number of hydrogen-bond acceptors (Lipinski definition) is 3. The van der Waals surface area contributed by atoms with E-state index in [4.69, 9.17) is 0 Å². The van der Waals surface area contributed by atoms with Gasteiger partial charge in [-0.25, -0.2) is 4.39 Å². The van der Waals surface area contributed by atoms with Crippen LogP contribution in [0.1, 0.15) is 32.4 Å². The van der Waals surface area contributed by atoms with Crippen molar-refractivity contribution in [3.8, 4) is 0 Å². The van der Waals surface area contributed by atoms with Crippen LogP contribution >= 0.6 is 0 Å². The summed E-state index contributed by atoms with van der Waals surface area (Å²) in [7, 11) is 0. The largest absolute Gasteiger partial charge is 0.335 e. The molecule has 1 heterocycles. The maximum absolute atomic E-state index is 13.1. The number of amides is 1. The van der Waals surface area contributed by atoms with Crippen molar-refractivity contribution in [2.24, 2.45) is 0 Å². The molecule has 2 rings (SSSR count). The van der Waals surface area contributed by atoms with Gasteiger partial charge in [-0.2, -0.15) is 0 Å². The summed E-state index contributed by atoms with van der Waals surface area (Å²) >= 11 is 0. The highest BCUT2D eigenvalue weighted by Crippen LogP contribution is 2.21. The summed E-state index contributed by atoms with van der Waals surface area (Å²) in [6.07, 6.45) is 0. The van der Waals surface area contributed by atoms with Gasteiger partial charge in [0, 0.05) is 32.2 Å². The molecule has 1 amide bonds. The van der Waals surface area contributed by atoms with E-state index >= 15 is 0 Å². The highest BCUT2D eigenvalue weighted by molar-refractivity contribution is 5.78. The average Bonchev–Trinajstić information content (AvgIpc) is 2.51. The molecule has 5 heteroatoms. The van der Waals surface area contributed by atoms with Crippen LogP contribution in [0.5, 0.6) is 0 Å². The lowest BCUT2D eigenvalue weighted by molar-refractivity contribution is -0.135. The smallest absolute Gasteiger partial charge is 0.237 e. The van der Waals surface area contributed by atoms with Crippen molar-refractivity contribution in [3.05, 3.63) is 35.6 Å². The normalized spacial score (nSPS) is 20.6. The molecule has 1 aliphatic rings. The second kappa shape index (κ2) is 7.70. The van der Waals surface area contributed by atoms with Crippen LogP contribution in [-0.2, 0) is 4.79 Å². The first-order valence-corrected chi connectivity index (χ1v) is 8.02. The van der Waals surface area contributed by atoms with Crippen molar-refractivity contribution in [2.45, 2.75) is 32.9 Å². The number of halogens is 1. The quantitative estimate of drug-likeness (QED) is 0.904. The van der Waals surface area contributed by atoms with Gasteiger partial charge in [0.1, 0.15) is 5.82 Å². The third-order valence-corrected chi connectivity index (χ3v) is 4.46. The first kappa shape index (κ1) is 16.9. The fourth-order valence-corrected chi connectivity index (χ4v) is 2.97. The maximum atomic E-state index is 13.1. The SMILES string of the molecule is CCN(C(=O)CN1CCNC[C@H]1C)C(C)c1ccc(F)cc1. The highest BCUT2D eigenvalue weighted by atomic mass is 19.1. The Morgan fingerprint density at radius 1 is 1.45 bits per heavy atom. The first-order valence-electron chi connectivity index (χ1n) is 8.02. The van der Waals surface area contributed by atoms with Crippen molar-refractivity contribution in [3.63, 3.8) is 0 Å². The summed E-state index contributed by atoms with van der Waals surface area (Å²) in [4.78, 5) is 16.7. The number of likely N-dealkylation sites (N-methyl/N-ethyl adjacent to an activating group) is 1. The molecule has 1 N–H and O–H groups in total. The average molecular weight is 307 g/mol. The Morgan fingerprint density at radius 2 is 2.14 bits per heavy atom. The summed E-state index contributed by atoms with van der Waals surface area (Å²) in [5, 5.41) is 3.33. The van der Waals surface area contributed by atoms with Gasteiger partial charge < -0.3 is 10.2 Å². The van der Waals surface area contributed by atoms with Crippen LogP contribution in [-0.4, -0.2) is 54.5 Å². The van der Waals surface area contributed by atoms with Gasteiger partial charge in [0.2, 0.25) is 5.91 Å². The number of nitrogens with one attached hydrogen (secondary N) is 1. The van der Waals surface area contributed by atoms with E-state index in [2.05, 4.69) is 17.1 Å². The molecule has 1 unspecified atom stereocenters. The Labute approximate surface area is 132 Å². The Morgan fingerprint density at radius 3 is 2.73 bits per heavy atom. The standard InChI is InChI=1S/C17H26FN3O/c1-4-21(14(3)15-5-7-16(18)8-6-15)17(22)12-20-10-9-19-11-13(20)2/h5-8,13-14,19H,4,9-12H2,1-3H3/t13-,14?/m1/s1. The minimum Gasteiger partial charge on any atom is -0.335 e. The lowest BCUT2D eigenvalue weighted by Crippen LogP contribution is -2.53. The third kappa shape index (κ3) is 4.05. The van der Waals surface area contributed by atoms with Crippen molar-refractivity contribution in [1.82, 2.24) is 15.1 Å². The monoisotopic (exact) mass is 307 g/mol. The van der Waals surface area contributed by atoms with Gasteiger partial charge in [-0.15, -0.1) is 0 Å². The third-order valence-electron chi connectivity index (χ3n) is 4.46. The van der Waals surface area contributed by atoms with Gasteiger partial charge in [-0.1, -0.05) is 12.1 Å². The number of hydrogen-bond donors (Lipinski definition) is 1. The van der Waals surface area contributed by atoms with Gasteiger partial charge in [-0.05, 0) is 38.5 Å². The number of piperazine rings is 1. The zero-order valence-electron chi connectivity index (χ0n) is 13.7. The van der Waals surface area contributed by atoms with Gasteiger partial charge in [0.15, 0.2) is 0 Å². The Hall–Kier alpha value is -1.46. The van der Waals surface area contributed by atoms with Crippen LogP contribution in [0.15, 0.2) is 24.3 Å². The number of carbonyl (C=O) groups excluding carboxylic acids is 1. The fraction of sp³-hybridized carbons (Fsp3) is 0.588. The van der Waals surface area contributed by atoms with E-state index in [1.165, 1.54) is 12.1 Å². The second-order valence-electron chi connectivity index (χ2n) is 5.93. The van der Waals surface area contributed by atoms with Gasteiger partial charge in [-0.3, -0.25) is 9.69 Å². The number of carbonyl (C=O) groups is 1. The Bertz CT molecular complexity index is 491. The molecule has 1 saturated heterocycles. The van der Waals surface area contributed by atoms with Crippen molar-refractivity contribution in [1.29, 1.82) is 0 Å². The van der Waals surface area contributed by atoms with E-state index in [-0.39, 0.29) is 17.8 Å². The van der Waals surface area contributed by atoms with Crippen LogP contribution < -0.4 is 5.32 Å². The van der Waals surface area contributed by atoms with Gasteiger partial charge >= 0.3 is 0 Å². The maximum Gasteiger partial charge on any atom is 0.237 e. The number of benzene rings is 1. The van der Waals surface area contributed by atoms with Crippen molar-refractivity contribution < 1.29 is 9.18 Å². The Kier molecular flexibility index (Phi) is 5.91. The minimum atomic E-state index is -0.250. The molecule has 22 heavy (non-hydrogen) atoms. The molecular formula is C17H26FN3O. The van der Waals surface area contributed by atoms with E-state index < -0.39 is 0 Å². The fourth-order valence-electron chi connectivity index (χ4n) is 2.97. The summed E-state index contributed by atoms with van der Waals surface area (Å²) in [6.45, 7) is 9.97. The molecule has 4 nitrogen and oxygen atoms in total. The molecule has 0 aromatic heterocycles. The molecule has 0 radical (unpaired) electrons. The van der Waals surface area contributed by atoms with Crippen LogP contribution in [0, 0.1) is 5.82 Å². The Balaban J connectivity index is 2.03. The molecule has 0 aliphatic carbocycles. The number of nitrogens with zero attached hydrogens (tertiary/aromatic N) is 2. The molecule has 1 aromatic rings. The molecule has 122 valence electrons. The molecule has 0 spiro atoms. The summed E-state index contributed by atoms with van der Waals surface area (Å²) in [5.74, 6) is -0.118. The number of rotatable bonds is 5. The van der Waals surface area contributed by atoms with Crippen LogP contribution in [0.2, 0.25) is 0 Å².